The molecule has 0 aliphatic rings. The van der Waals surface area contributed by atoms with E-state index in [0.29, 0.717) is 12.2 Å². The van der Waals surface area contributed by atoms with Gasteiger partial charge in [-0.25, -0.2) is 9.97 Å². The minimum absolute atomic E-state index is 0.00591. The third kappa shape index (κ3) is 7.06. The van der Waals surface area contributed by atoms with Gasteiger partial charge in [0.1, 0.15) is 10.7 Å². The fourth-order valence-corrected chi connectivity index (χ4v) is 4.51. The van der Waals surface area contributed by atoms with Crippen molar-refractivity contribution in [3.05, 3.63) is 86.1 Å². The molecule has 0 spiro atoms. The lowest BCUT2D eigenvalue weighted by atomic mass is 10.1. The fraction of sp³-hybridized carbons (Fsp3) is 0.0476. The maximum atomic E-state index is 12.0. The zero-order chi connectivity index (χ0) is 25.9. The third-order valence-electron chi connectivity index (χ3n) is 4.55. The highest BCUT2D eigenvalue weighted by Gasteiger charge is 2.16. The molecule has 10 nitrogen and oxygen atoms in total. The minimum atomic E-state index is -4.55. The molecule has 2 N–H and O–H groups in total. The normalized spacial score (nSPS) is 11.7. The Bertz CT molecular complexity index is 1530. The Hall–Kier alpha value is -2.93. The second-order valence-corrected chi connectivity index (χ2v) is 9.83. The Morgan fingerprint density at radius 2 is 1.36 bits per heavy atom. The van der Waals surface area contributed by atoms with Crippen molar-refractivity contribution >= 4 is 80.3 Å². The van der Waals surface area contributed by atoms with Crippen LogP contribution in [0.25, 0.3) is 12.2 Å². The van der Waals surface area contributed by atoms with Crippen LogP contribution in [0, 0.1) is 0 Å². The Kier molecular flexibility index (Phi) is 7.98. The Morgan fingerprint density at radius 1 is 0.778 bits per heavy atom. The van der Waals surface area contributed by atoms with E-state index in [1.165, 1.54) is 12.1 Å². The van der Waals surface area contributed by atoms with Crippen LogP contribution in [-0.4, -0.2) is 42.9 Å². The minimum Gasteiger partial charge on any atom is -0.324 e. The molecule has 0 atom stereocenters. The molecule has 0 unspecified atom stereocenters. The van der Waals surface area contributed by atoms with Crippen LogP contribution in [0.4, 0.5) is 11.6 Å². The highest BCUT2D eigenvalue weighted by Crippen LogP contribution is 2.25. The van der Waals surface area contributed by atoms with Crippen LogP contribution in [0.5, 0.6) is 0 Å². The van der Waals surface area contributed by atoms with Gasteiger partial charge in [0.15, 0.2) is 0 Å². The van der Waals surface area contributed by atoms with Gasteiger partial charge in [0, 0.05) is 12.1 Å². The largest absolute Gasteiger partial charge is 0.324 e. The molecular formula is C21H13Cl4N7O3S. The van der Waals surface area contributed by atoms with Gasteiger partial charge < -0.3 is 5.32 Å². The van der Waals surface area contributed by atoms with E-state index in [4.69, 9.17) is 46.4 Å². The molecule has 15 heteroatoms. The molecular weight excluding hydrogens is 572 g/mol. The van der Waals surface area contributed by atoms with E-state index in [1.54, 1.807) is 18.2 Å². The first-order chi connectivity index (χ1) is 17.0. The van der Waals surface area contributed by atoms with Gasteiger partial charge in [-0.05, 0) is 75.2 Å². The molecule has 0 aliphatic carbocycles. The first-order valence-corrected chi connectivity index (χ1v) is 12.8. The highest BCUT2D eigenvalue weighted by atomic mass is 35.5. The SMILES string of the molecule is O=S(=O)(O)c1cc(Nc2nc(Cl)nc(Cl)n2)ccc1/C=C/c1ccc(Cc2nc(Cl)nc(Cl)n2)cc1. The van der Waals surface area contributed by atoms with E-state index >= 15 is 0 Å². The van der Waals surface area contributed by atoms with E-state index in [-0.39, 0.29) is 43.2 Å². The molecule has 184 valence electrons. The van der Waals surface area contributed by atoms with Crippen molar-refractivity contribution in [2.75, 3.05) is 5.32 Å². The Labute approximate surface area is 225 Å². The van der Waals surface area contributed by atoms with E-state index in [1.807, 2.05) is 24.3 Å². The molecule has 2 aromatic carbocycles. The number of hydrogen-bond acceptors (Lipinski definition) is 9. The van der Waals surface area contributed by atoms with Gasteiger partial charge in [-0.3, -0.25) is 4.55 Å². The number of anilines is 2. The number of hydrogen-bond donors (Lipinski definition) is 2. The lowest BCUT2D eigenvalue weighted by Gasteiger charge is -2.09. The molecule has 4 aromatic rings. The summed E-state index contributed by atoms with van der Waals surface area (Å²) in [5, 5.41) is 2.52. The van der Waals surface area contributed by atoms with Crippen molar-refractivity contribution in [1.29, 1.82) is 0 Å². The van der Waals surface area contributed by atoms with Crippen molar-refractivity contribution in [2.45, 2.75) is 11.3 Å². The maximum absolute atomic E-state index is 12.0. The van der Waals surface area contributed by atoms with Crippen molar-refractivity contribution in [3.8, 4) is 0 Å². The van der Waals surface area contributed by atoms with Gasteiger partial charge in [-0.1, -0.05) is 42.5 Å². The van der Waals surface area contributed by atoms with Crippen LogP contribution in [0.3, 0.4) is 0 Å². The predicted molar refractivity (Wildman–Crippen MR) is 137 cm³/mol. The zero-order valence-electron chi connectivity index (χ0n) is 17.8. The van der Waals surface area contributed by atoms with E-state index in [9.17, 15) is 13.0 Å². The molecule has 0 radical (unpaired) electrons. The third-order valence-corrected chi connectivity index (χ3v) is 6.14. The summed E-state index contributed by atoms with van der Waals surface area (Å²) in [6, 6.07) is 11.7. The molecule has 0 amide bonds. The number of rotatable bonds is 7. The molecule has 0 saturated heterocycles. The van der Waals surface area contributed by atoms with Gasteiger partial charge in [0.25, 0.3) is 10.1 Å². The smallest absolute Gasteiger partial charge is 0.295 e. The van der Waals surface area contributed by atoms with Crippen LogP contribution in [0.15, 0.2) is 47.4 Å². The first-order valence-electron chi connectivity index (χ1n) is 9.84. The Balaban J connectivity index is 1.54. The summed E-state index contributed by atoms with van der Waals surface area (Å²) in [5.41, 5.74) is 2.22. The molecule has 2 aromatic heterocycles. The lowest BCUT2D eigenvalue weighted by molar-refractivity contribution is 0.483. The van der Waals surface area contributed by atoms with Gasteiger partial charge in [-0.15, -0.1) is 0 Å². The quantitative estimate of drug-likeness (QED) is 0.213. The molecule has 0 aliphatic heterocycles. The second kappa shape index (κ2) is 11.0. The average Bonchev–Trinajstić information content (AvgIpc) is 2.77. The monoisotopic (exact) mass is 583 g/mol. The molecule has 4 rings (SSSR count). The number of halogens is 4. The van der Waals surface area contributed by atoms with E-state index < -0.39 is 10.1 Å². The summed E-state index contributed by atoms with van der Waals surface area (Å²) in [4.78, 5) is 22.8. The molecule has 0 bridgehead atoms. The molecule has 36 heavy (non-hydrogen) atoms. The summed E-state index contributed by atoms with van der Waals surface area (Å²) >= 11 is 23.1. The maximum Gasteiger partial charge on any atom is 0.295 e. The van der Waals surface area contributed by atoms with Crippen molar-refractivity contribution in [1.82, 2.24) is 29.9 Å². The van der Waals surface area contributed by atoms with Gasteiger partial charge in [0.2, 0.25) is 27.1 Å². The number of nitrogens with zero attached hydrogens (tertiary/aromatic N) is 6. The second-order valence-electron chi connectivity index (χ2n) is 7.09. The van der Waals surface area contributed by atoms with Crippen LogP contribution in [-0.2, 0) is 16.5 Å². The lowest BCUT2D eigenvalue weighted by Crippen LogP contribution is -2.04. The fourth-order valence-electron chi connectivity index (χ4n) is 3.04. The number of nitrogens with one attached hydrogen (secondary N) is 1. The molecule has 2 heterocycles. The Morgan fingerprint density at radius 3 is 1.94 bits per heavy atom. The summed E-state index contributed by atoms with van der Waals surface area (Å²) in [5.74, 6) is 0.433. The topological polar surface area (TPSA) is 144 Å². The van der Waals surface area contributed by atoms with Crippen LogP contribution < -0.4 is 5.32 Å². The highest BCUT2D eigenvalue weighted by molar-refractivity contribution is 7.86. The van der Waals surface area contributed by atoms with E-state index in [0.717, 1.165) is 11.1 Å². The number of aromatic nitrogens is 6. The van der Waals surface area contributed by atoms with Crippen LogP contribution >= 0.6 is 46.4 Å². The van der Waals surface area contributed by atoms with Crippen LogP contribution in [0.2, 0.25) is 21.1 Å². The summed E-state index contributed by atoms with van der Waals surface area (Å²) in [6.45, 7) is 0. The van der Waals surface area contributed by atoms with Crippen molar-refractivity contribution < 1.29 is 13.0 Å². The summed E-state index contributed by atoms with van der Waals surface area (Å²) in [7, 11) is -4.55. The summed E-state index contributed by atoms with van der Waals surface area (Å²) < 4.78 is 33.8. The molecule has 0 saturated carbocycles. The van der Waals surface area contributed by atoms with E-state index in [2.05, 4.69) is 35.2 Å². The average molecular weight is 585 g/mol. The van der Waals surface area contributed by atoms with Crippen molar-refractivity contribution in [3.63, 3.8) is 0 Å². The van der Waals surface area contributed by atoms with Gasteiger partial charge >= 0.3 is 0 Å². The zero-order valence-corrected chi connectivity index (χ0v) is 21.6. The van der Waals surface area contributed by atoms with Crippen LogP contribution in [0.1, 0.15) is 22.5 Å². The van der Waals surface area contributed by atoms with Crippen molar-refractivity contribution in [2.24, 2.45) is 0 Å². The molecule has 0 fully saturated rings. The van der Waals surface area contributed by atoms with Gasteiger partial charge in [-0.2, -0.15) is 28.4 Å². The number of benzene rings is 2. The summed E-state index contributed by atoms with van der Waals surface area (Å²) in [6.07, 6.45) is 3.65. The van der Waals surface area contributed by atoms with Gasteiger partial charge in [0.05, 0.1) is 0 Å². The standard InChI is InChI=1S/C21H13Cl4N7O3S/c22-17-27-16(28-18(23)29-17)9-12-3-1-11(2-4-12)5-6-13-7-8-14(10-15(13)36(33,34)35)26-21-31-19(24)30-20(25)32-21/h1-8,10H,9H2,(H,33,34,35)(H,26,30,31,32)/b6-5+. The predicted octanol–water partition coefficient (Wildman–Crippen LogP) is 5.42. The first kappa shape index (κ1) is 26.1.